The number of rotatable bonds is 8. The molecular weight excluding hydrogens is 360 g/mol. The first-order valence-corrected chi connectivity index (χ1v) is 9.79. The number of aryl methyl sites for hydroxylation is 1. The zero-order valence-corrected chi connectivity index (χ0v) is 16.7. The van der Waals surface area contributed by atoms with Crippen LogP contribution in [0.15, 0.2) is 52.3 Å². The summed E-state index contributed by atoms with van der Waals surface area (Å²) in [6.45, 7) is 5.74. The number of esters is 1. The molecule has 0 bridgehead atoms. The molecule has 142 valence electrons. The van der Waals surface area contributed by atoms with E-state index in [2.05, 4.69) is 17.0 Å². The van der Waals surface area contributed by atoms with E-state index < -0.39 is 0 Å². The molecule has 5 nitrogen and oxygen atoms in total. The van der Waals surface area contributed by atoms with E-state index in [1.54, 1.807) is 11.3 Å². The number of oxazole rings is 1. The maximum absolute atomic E-state index is 11.9. The van der Waals surface area contributed by atoms with Gasteiger partial charge in [0.15, 0.2) is 0 Å². The molecule has 0 aliphatic heterocycles. The summed E-state index contributed by atoms with van der Waals surface area (Å²) in [7, 11) is 1.43. The molecule has 1 aromatic carbocycles. The number of methoxy groups -OCH3 is 1. The van der Waals surface area contributed by atoms with Crippen molar-refractivity contribution in [1.82, 2.24) is 9.88 Å². The van der Waals surface area contributed by atoms with Crippen LogP contribution in [0.5, 0.6) is 0 Å². The zero-order valence-electron chi connectivity index (χ0n) is 15.8. The summed E-state index contributed by atoms with van der Waals surface area (Å²) in [5, 5.41) is 2.01. The highest BCUT2D eigenvalue weighted by Crippen LogP contribution is 2.26. The lowest BCUT2D eigenvalue weighted by Crippen LogP contribution is -2.32. The summed E-state index contributed by atoms with van der Waals surface area (Å²) in [4.78, 5) is 19.8. The molecule has 0 aliphatic rings. The number of aromatic nitrogens is 1. The fourth-order valence-corrected chi connectivity index (χ4v) is 3.63. The normalized spacial score (nSPS) is 12.3. The van der Waals surface area contributed by atoms with Crippen LogP contribution in [0, 0.1) is 12.8 Å². The van der Waals surface area contributed by atoms with E-state index >= 15 is 0 Å². The molecule has 0 fully saturated rings. The Balaban J connectivity index is 1.79. The first-order valence-electron chi connectivity index (χ1n) is 8.91. The van der Waals surface area contributed by atoms with Gasteiger partial charge in [-0.3, -0.25) is 9.69 Å². The van der Waals surface area contributed by atoms with Crippen LogP contribution in [-0.4, -0.2) is 29.5 Å². The fraction of sp³-hybridized carbons (Fsp3) is 0.333. The molecule has 0 saturated carbocycles. The Hall–Kier alpha value is -2.44. The van der Waals surface area contributed by atoms with Crippen LogP contribution in [0.3, 0.4) is 0 Å². The van der Waals surface area contributed by atoms with Crippen LogP contribution in [0.2, 0.25) is 0 Å². The Labute approximate surface area is 163 Å². The lowest BCUT2D eigenvalue weighted by atomic mass is 10.1. The van der Waals surface area contributed by atoms with Crippen molar-refractivity contribution in [2.24, 2.45) is 5.92 Å². The monoisotopic (exact) mass is 384 g/mol. The van der Waals surface area contributed by atoms with Gasteiger partial charge < -0.3 is 9.15 Å². The standard InChI is InChI=1S/C21H24N2O3S/c1-15(21(24)25-3)12-23(13-17-8-5-4-6-9-17)14-18-16(2)26-20(22-18)19-10-7-11-27-19/h4-11,15H,12-14H2,1-3H3. The molecule has 1 unspecified atom stereocenters. The fourth-order valence-electron chi connectivity index (χ4n) is 2.98. The van der Waals surface area contributed by atoms with Crippen molar-refractivity contribution >= 4 is 17.3 Å². The molecule has 2 heterocycles. The van der Waals surface area contributed by atoms with Gasteiger partial charge in [0.2, 0.25) is 5.89 Å². The van der Waals surface area contributed by atoms with Crippen LogP contribution in [-0.2, 0) is 22.6 Å². The highest BCUT2D eigenvalue weighted by Gasteiger charge is 2.21. The van der Waals surface area contributed by atoms with Gasteiger partial charge in [-0.25, -0.2) is 4.98 Å². The molecule has 0 radical (unpaired) electrons. The topological polar surface area (TPSA) is 55.6 Å². The maximum Gasteiger partial charge on any atom is 0.309 e. The Morgan fingerprint density at radius 2 is 2.00 bits per heavy atom. The first kappa shape index (κ1) is 19.3. The molecule has 2 aromatic heterocycles. The quantitative estimate of drug-likeness (QED) is 0.534. The minimum atomic E-state index is -0.220. The molecule has 27 heavy (non-hydrogen) atoms. The van der Waals surface area contributed by atoms with Crippen molar-refractivity contribution in [2.45, 2.75) is 26.9 Å². The van der Waals surface area contributed by atoms with Crippen molar-refractivity contribution in [3.8, 4) is 10.8 Å². The molecule has 6 heteroatoms. The number of hydrogen-bond acceptors (Lipinski definition) is 6. The summed E-state index contributed by atoms with van der Waals surface area (Å²) in [5.41, 5.74) is 2.08. The van der Waals surface area contributed by atoms with Gasteiger partial charge in [-0.2, -0.15) is 0 Å². The number of benzene rings is 1. The number of carbonyl (C=O) groups is 1. The van der Waals surface area contributed by atoms with Crippen LogP contribution in [0.4, 0.5) is 0 Å². The second-order valence-electron chi connectivity index (χ2n) is 6.58. The van der Waals surface area contributed by atoms with Crippen molar-refractivity contribution < 1.29 is 13.9 Å². The van der Waals surface area contributed by atoms with Crippen LogP contribution >= 0.6 is 11.3 Å². The van der Waals surface area contributed by atoms with E-state index in [1.807, 2.05) is 49.6 Å². The van der Waals surface area contributed by atoms with Crippen molar-refractivity contribution in [3.63, 3.8) is 0 Å². The summed E-state index contributed by atoms with van der Waals surface area (Å²) >= 11 is 1.61. The highest BCUT2D eigenvalue weighted by molar-refractivity contribution is 7.13. The first-order chi connectivity index (χ1) is 13.1. The SMILES string of the molecule is COC(=O)C(C)CN(Cc1ccccc1)Cc1nc(-c2cccs2)oc1C. The third kappa shape index (κ3) is 5.05. The minimum Gasteiger partial charge on any atom is -0.469 e. The molecule has 0 aliphatic carbocycles. The average molecular weight is 385 g/mol. The van der Waals surface area contributed by atoms with Gasteiger partial charge in [-0.05, 0) is 23.9 Å². The van der Waals surface area contributed by atoms with Gasteiger partial charge in [0, 0.05) is 19.6 Å². The smallest absolute Gasteiger partial charge is 0.309 e. The Morgan fingerprint density at radius 1 is 1.22 bits per heavy atom. The van der Waals surface area contributed by atoms with Crippen molar-refractivity contribution in [1.29, 1.82) is 0 Å². The summed E-state index contributed by atoms with van der Waals surface area (Å²) in [6.07, 6.45) is 0. The number of hydrogen-bond donors (Lipinski definition) is 0. The largest absolute Gasteiger partial charge is 0.469 e. The molecule has 1 atom stereocenters. The number of carbonyl (C=O) groups excluding carboxylic acids is 1. The van der Waals surface area contributed by atoms with E-state index in [9.17, 15) is 4.79 Å². The summed E-state index contributed by atoms with van der Waals surface area (Å²) in [5.74, 6) is 1.03. The van der Waals surface area contributed by atoms with E-state index in [4.69, 9.17) is 14.1 Å². The van der Waals surface area contributed by atoms with Gasteiger partial charge in [-0.1, -0.05) is 43.3 Å². The third-order valence-electron chi connectivity index (χ3n) is 4.38. The Kier molecular flexibility index (Phi) is 6.42. The van der Waals surface area contributed by atoms with Gasteiger partial charge in [-0.15, -0.1) is 11.3 Å². The molecule has 0 saturated heterocycles. The molecule has 0 spiro atoms. The van der Waals surface area contributed by atoms with Gasteiger partial charge in [0.25, 0.3) is 0 Å². The third-order valence-corrected chi connectivity index (χ3v) is 5.24. The number of nitrogens with zero attached hydrogens (tertiary/aromatic N) is 2. The molecule has 0 N–H and O–H groups in total. The lowest BCUT2D eigenvalue weighted by Gasteiger charge is -2.24. The van der Waals surface area contributed by atoms with Crippen molar-refractivity contribution in [3.05, 3.63) is 64.9 Å². The second kappa shape index (κ2) is 8.97. The highest BCUT2D eigenvalue weighted by atomic mass is 32.1. The average Bonchev–Trinajstić information content (AvgIpc) is 3.32. The zero-order chi connectivity index (χ0) is 19.2. The van der Waals surface area contributed by atoms with Gasteiger partial charge in [0.05, 0.1) is 23.6 Å². The van der Waals surface area contributed by atoms with Crippen LogP contribution < -0.4 is 0 Å². The van der Waals surface area contributed by atoms with Crippen molar-refractivity contribution in [2.75, 3.05) is 13.7 Å². The van der Waals surface area contributed by atoms with Gasteiger partial charge >= 0.3 is 5.97 Å². The second-order valence-corrected chi connectivity index (χ2v) is 7.53. The van der Waals surface area contributed by atoms with E-state index in [1.165, 1.54) is 12.7 Å². The van der Waals surface area contributed by atoms with E-state index in [0.717, 1.165) is 22.9 Å². The minimum absolute atomic E-state index is 0.204. The predicted octanol–water partition coefficient (Wildman–Crippen LogP) is 4.52. The molecule has 0 amide bonds. The summed E-state index contributed by atoms with van der Waals surface area (Å²) in [6, 6.07) is 14.2. The van der Waals surface area contributed by atoms with Crippen LogP contribution in [0.1, 0.15) is 23.9 Å². The van der Waals surface area contributed by atoms with Gasteiger partial charge in [0.1, 0.15) is 5.76 Å². The summed E-state index contributed by atoms with van der Waals surface area (Å²) < 4.78 is 10.8. The lowest BCUT2D eigenvalue weighted by molar-refractivity contribution is -0.145. The van der Waals surface area contributed by atoms with E-state index in [0.29, 0.717) is 19.0 Å². The Bertz CT molecular complexity index is 859. The number of ether oxygens (including phenoxy) is 1. The Morgan fingerprint density at radius 3 is 2.67 bits per heavy atom. The molecule has 3 rings (SSSR count). The predicted molar refractivity (Wildman–Crippen MR) is 106 cm³/mol. The van der Waals surface area contributed by atoms with Crippen LogP contribution in [0.25, 0.3) is 10.8 Å². The molecule has 3 aromatic rings. The van der Waals surface area contributed by atoms with E-state index in [-0.39, 0.29) is 11.9 Å². The molecular formula is C21H24N2O3S. The number of thiophene rings is 1. The maximum atomic E-state index is 11.9.